The molecular formula is C16H22N4O2S. The van der Waals surface area contributed by atoms with Crippen molar-refractivity contribution in [3.8, 4) is 11.4 Å². The first-order valence-electron chi connectivity index (χ1n) is 7.82. The summed E-state index contributed by atoms with van der Waals surface area (Å²) in [4.78, 5) is 4.42. The summed E-state index contributed by atoms with van der Waals surface area (Å²) < 4.78 is 26.9. The predicted molar refractivity (Wildman–Crippen MR) is 89.3 cm³/mol. The molecule has 0 bridgehead atoms. The summed E-state index contributed by atoms with van der Waals surface area (Å²) in [7, 11) is -1.19. The Morgan fingerprint density at radius 2 is 2.13 bits per heavy atom. The smallest absolute Gasteiger partial charge is 0.211 e. The van der Waals surface area contributed by atoms with E-state index >= 15 is 0 Å². The molecule has 3 rings (SSSR count). The first kappa shape index (κ1) is 16.1. The lowest BCUT2D eigenvalue weighted by atomic mass is 9.92. The van der Waals surface area contributed by atoms with E-state index in [2.05, 4.69) is 16.1 Å². The Hall–Kier alpha value is -1.73. The topological polar surface area (TPSA) is 68.1 Å². The summed E-state index contributed by atoms with van der Waals surface area (Å²) in [5.41, 5.74) is 3.07. The quantitative estimate of drug-likeness (QED) is 0.853. The molecule has 3 heterocycles. The van der Waals surface area contributed by atoms with Gasteiger partial charge in [0.25, 0.3) is 0 Å². The summed E-state index contributed by atoms with van der Waals surface area (Å²) >= 11 is 0. The Morgan fingerprint density at radius 3 is 2.83 bits per heavy atom. The van der Waals surface area contributed by atoms with Crippen molar-refractivity contribution in [2.75, 3.05) is 19.3 Å². The van der Waals surface area contributed by atoms with Crippen molar-refractivity contribution in [1.82, 2.24) is 19.1 Å². The number of sulfonamides is 1. The summed E-state index contributed by atoms with van der Waals surface area (Å²) in [6, 6.07) is 6.04. The van der Waals surface area contributed by atoms with E-state index in [4.69, 9.17) is 0 Å². The first-order valence-corrected chi connectivity index (χ1v) is 9.67. The van der Waals surface area contributed by atoms with Gasteiger partial charge in [0.1, 0.15) is 0 Å². The number of hydrogen-bond acceptors (Lipinski definition) is 4. The predicted octanol–water partition coefficient (Wildman–Crippen LogP) is 1.70. The highest BCUT2D eigenvalue weighted by Gasteiger charge is 2.26. The van der Waals surface area contributed by atoms with Gasteiger partial charge < -0.3 is 0 Å². The van der Waals surface area contributed by atoms with Crippen LogP contribution in [0.25, 0.3) is 11.4 Å². The van der Waals surface area contributed by atoms with Crippen molar-refractivity contribution in [2.45, 2.75) is 19.3 Å². The number of aromatic nitrogens is 3. The fourth-order valence-corrected chi connectivity index (χ4v) is 4.14. The zero-order valence-electron chi connectivity index (χ0n) is 13.5. The standard InChI is InChI=1S/C16H22N4O2S/c1-19-16(6-8-18-19)15-11-13(5-7-17-15)10-14-4-3-9-20(12-14)23(2,21)22/h5-8,11,14H,3-4,9-10,12H2,1-2H3. The van der Waals surface area contributed by atoms with Gasteiger partial charge in [0.2, 0.25) is 10.0 Å². The van der Waals surface area contributed by atoms with Crippen LogP contribution in [0.1, 0.15) is 18.4 Å². The molecule has 1 unspecified atom stereocenters. The third-order valence-electron chi connectivity index (χ3n) is 4.38. The van der Waals surface area contributed by atoms with Crippen LogP contribution in [0.3, 0.4) is 0 Å². The molecule has 0 saturated carbocycles. The summed E-state index contributed by atoms with van der Waals surface area (Å²) in [6.07, 6.45) is 7.73. The molecule has 0 amide bonds. The second kappa shape index (κ2) is 6.41. The molecular weight excluding hydrogens is 312 g/mol. The Balaban J connectivity index is 1.75. The fourth-order valence-electron chi connectivity index (χ4n) is 3.19. The fraction of sp³-hybridized carbons (Fsp3) is 0.500. The van der Waals surface area contributed by atoms with Crippen LogP contribution >= 0.6 is 0 Å². The number of pyridine rings is 1. The zero-order valence-corrected chi connectivity index (χ0v) is 14.3. The second-order valence-electron chi connectivity index (χ2n) is 6.22. The summed E-state index contributed by atoms with van der Waals surface area (Å²) in [5.74, 6) is 0.361. The minimum Gasteiger partial charge on any atom is -0.266 e. The van der Waals surface area contributed by atoms with E-state index in [0.29, 0.717) is 19.0 Å². The highest BCUT2D eigenvalue weighted by atomic mass is 32.2. The van der Waals surface area contributed by atoms with Gasteiger partial charge in [-0.3, -0.25) is 9.67 Å². The average molecular weight is 334 g/mol. The van der Waals surface area contributed by atoms with Gasteiger partial charge >= 0.3 is 0 Å². The highest BCUT2D eigenvalue weighted by molar-refractivity contribution is 7.88. The van der Waals surface area contributed by atoms with Crippen LogP contribution in [0.5, 0.6) is 0 Å². The third kappa shape index (κ3) is 3.79. The summed E-state index contributed by atoms with van der Waals surface area (Å²) in [5, 5.41) is 4.18. The van der Waals surface area contributed by atoms with Gasteiger partial charge in [-0.25, -0.2) is 12.7 Å². The minimum absolute atomic E-state index is 0.361. The molecule has 1 aliphatic rings. The van der Waals surface area contributed by atoms with Crippen molar-refractivity contribution in [3.63, 3.8) is 0 Å². The van der Waals surface area contributed by atoms with Gasteiger partial charge in [-0.2, -0.15) is 5.10 Å². The van der Waals surface area contributed by atoms with Gasteiger partial charge in [0.05, 0.1) is 17.6 Å². The Labute approximate surface area is 137 Å². The van der Waals surface area contributed by atoms with Gasteiger partial charge in [0.15, 0.2) is 0 Å². The summed E-state index contributed by atoms with van der Waals surface area (Å²) in [6.45, 7) is 1.26. The number of aryl methyl sites for hydroxylation is 1. The lowest BCUT2D eigenvalue weighted by molar-refractivity contribution is 0.267. The lowest BCUT2D eigenvalue weighted by Crippen LogP contribution is -2.39. The SMILES string of the molecule is Cn1nccc1-c1cc(CC2CCCN(S(C)(=O)=O)C2)ccn1. The Kier molecular flexibility index (Phi) is 4.50. The van der Waals surface area contributed by atoms with Crippen LogP contribution in [0.2, 0.25) is 0 Å². The molecule has 1 atom stereocenters. The lowest BCUT2D eigenvalue weighted by Gasteiger charge is -2.31. The molecule has 2 aromatic rings. The van der Waals surface area contributed by atoms with Gasteiger partial charge in [-0.1, -0.05) is 0 Å². The highest BCUT2D eigenvalue weighted by Crippen LogP contribution is 2.24. The maximum Gasteiger partial charge on any atom is 0.211 e. The van der Waals surface area contributed by atoms with Crippen molar-refractivity contribution < 1.29 is 8.42 Å². The molecule has 2 aromatic heterocycles. The van der Waals surface area contributed by atoms with Gasteiger partial charge in [-0.05, 0) is 48.9 Å². The zero-order chi connectivity index (χ0) is 16.4. The van der Waals surface area contributed by atoms with Crippen LogP contribution < -0.4 is 0 Å². The van der Waals surface area contributed by atoms with Gasteiger partial charge in [-0.15, -0.1) is 0 Å². The van der Waals surface area contributed by atoms with E-state index in [-0.39, 0.29) is 0 Å². The molecule has 1 saturated heterocycles. The maximum absolute atomic E-state index is 11.7. The molecule has 1 fully saturated rings. The molecule has 0 aromatic carbocycles. The number of nitrogens with zero attached hydrogens (tertiary/aromatic N) is 4. The Morgan fingerprint density at radius 1 is 1.30 bits per heavy atom. The molecule has 0 N–H and O–H groups in total. The third-order valence-corrected chi connectivity index (χ3v) is 5.65. The monoisotopic (exact) mass is 334 g/mol. The van der Waals surface area contributed by atoms with Crippen LogP contribution in [0.15, 0.2) is 30.6 Å². The van der Waals surface area contributed by atoms with Crippen LogP contribution in [-0.2, 0) is 23.5 Å². The van der Waals surface area contributed by atoms with E-state index < -0.39 is 10.0 Å². The van der Waals surface area contributed by atoms with Gasteiger partial charge in [0, 0.05) is 32.5 Å². The molecule has 7 heteroatoms. The average Bonchev–Trinajstić information content (AvgIpc) is 2.93. The molecule has 0 spiro atoms. The molecule has 1 aliphatic heterocycles. The van der Waals surface area contributed by atoms with Crippen molar-refractivity contribution in [2.24, 2.45) is 13.0 Å². The van der Waals surface area contributed by atoms with E-state index in [0.717, 1.165) is 30.7 Å². The van der Waals surface area contributed by atoms with Crippen LogP contribution in [0.4, 0.5) is 0 Å². The van der Waals surface area contributed by atoms with Crippen molar-refractivity contribution in [3.05, 3.63) is 36.2 Å². The Bertz CT molecular complexity index is 785. The molecule has 6 nitrogen and oxygen atoms in total. The number of piperidine rings is 1. The van der Waals surface area contributed by atoms with E-state index in [1.165, 1.54) is 11.8 Å². The second-order valence-corrected chi connectivity index (χ2v) is 8.21. The maximum atomic E-state index is 11.7. The van der Waals surface area contributed by atoms with Crippen LogP contribution in [-0.4, -0.2) is 46.8 Å². The van der Waals surface area contributed by atoms with E-state index in [9.17, 15) is 8.42 Å². The van der Waals surface area contributed by atoms with Crippen LogP contribution in [0, 0.1) is 5.92 Å². The normalized spacial score (nSPS) is 19.8. The number of hydrogen-bond donors (Lipinski definition) is 0. The first-order chi connectivity index (χ1) is 10.9. The van der Waals surface area contributed by atoms with Crippen molar-refractivity contribution in [1.29, 1.82) is 0 Å². The minimum atomic E-state index is -3.09. The van der Waals surface area contributed by atoms with Crippen molar-refractivity contribution >= 4 is 10.0 Å². The number of rotatable bonds is 4. The molecule has 124 valence electrons. The molecule has 0 radical (unpaired) electrons. The molecule has 23 heavy (non-hydrogen) atoms. The largest absolute Gasteiger partial charge is 0.266 e. The van der Waals surface area contributed by atoms with E-state index in [1.807, 2.05) is 25.4 Å². The molecule has 0 aliphatic carbocycles. The van der Waals surface area contributed by atoms with E-state index in [1.54, 1.807) is 15.2 Å².